The van der Waals surface area contributed by atoms with Gasteiger partial charge in [0.2, 0.25) is 0 Å². The largest absolute Gasteiger partial charge is 0.472 e. The second-order valence-electron chi connectivity index (χ2n) is 14.4. The molecule has 0 aromatic carbocycles. The van der Waals surface area contributed by atoms with Crippen LogP contribution in [0.1, 0.15) is 143 Å². The number of carbonyl (C=O) groups excluding carboxylic acids is 2. The maximum atomic E-state index is 12.6. The fourth-order valence-corrected chi connectivity index (χ4v) is 6.54. The number of ether oxygens (including phenoxy) is 3. The van der Waals surface area contributed by atoms with Crippen LogP contribution < -0.4 is 0 Å². The Morgan fingerprint density at radius 1 is 0.673 bits per heavy atom. The van der Waals surface area contributed by atoms with Crippen molar-refractivity contribution in [2.75, 3.05) is 26.4 Å². The van der Waals surface area contributed by atoms with E-state index in [1.165, 1.54) is 38.5 Å². The standard InChI is InChI=1S/C39H70O14P2/c1-4-5-6-7-15-20-25-36-37(53-36)26-21-16-11-9-12-17-22-27-38(41)48-31-35(32-51-55(46,47)50-30-34(40)29-49-54(43,44)45)52-39(42)28-23-18-13-8-10-14-19-24-33(2)3/h9,12,15-16,20-21,33-37,40H,4-8,10-11,13-14,17-19,22-32H2,1-3H3,(H,46,47)(H2,43,44,45)/b12-9-,20-15-,21-16-/t34-,35+,36?,37?/m0/s1. The molecule has 1 aliphatic rings. The molecule has 1 saturated heterocycles. The highest BCUT2D eigenvalue weighted by Gasteiger charge is 2.36. The predicted molar refractivity (Wildman–Crippen MR) is 211 cm³/mol. The van der Waals surface area contributed by atoms with Crippen LogP contribution in [-0.4, -0.2) is 82.6 Å². The number of rotatable bonds is 36. The number of epoxide rings is 1. The molecule has 55 heavy (non-hydrogen) atoms. The van der Waals surface area contributed by atoms with E-state index in [4.69, 9.17) is 28.5 Å². The van der Waals surface area contributed by atoms with Crippen molar-refractivity contribution in [1.29, 1.82) is 0 Å². The van der Waals surface area contributed by atoms with Gasteiger partial charge >= 0.3 is 27.6 Å². The van der Waals surface area contributed by atoms with Crippen molar-refractivity contribution in [2.24, 2.45) is 5.92 Å². The smallest absolute Gasteiger partial charge is 0.462 e. The molecule has 16 heteroatoms. The van der Waals surface area contributed by atoms with Gasteiger partial charge in [0.25, 0.3) is 0 Å². The van der Waals surface area contributed by atoms with Gasteiger partial charge in [-0.15, -0.1) is 0 Å². The molecule has 0 saturated carbocycles. The van der Waals surface area contributed by atoms with Crippen LogP contribution in [0, 0.1) is 5.92 Å². The topological polar surface area (TPSA) is 208 Å². The predicted octanol–water partition coefficient (Wildman–Crippen LogP) is 8.57. The van der Waals surface area contributed by atoms with E-state index in [-0.39, 0.29) is 12.8 Å². The monoisotopic (exact) mass is 824 g/mol. The Balaban J connectivity index is 2.41. The van der Waals surface area contributed by atoms with Crippen molar-refractivity contribution in [3.05, 3.63) is 36.5 Å². The van der Waals surface area contributed by atoms with Gasteiger partial charge in [0.05, 0.1) is 32.0 Å². The van der Waals surface area contributed by atoms with Crippen LogP contribution in [0.4, 0.5) is 0 Å². The number of hydrogen-bond acceptors (Lipinski definition) is 11. The van der Waals surface area contributed by atoms with Crippen molar-refractivity contribution < 1.29 is 66.3 Å². The Bertz CT molecular complexity index is 1200. The Labute approximate surface area is 329 Å². The summed E-state index contributed by atoms with van der Waals surface area (Å²) < 4.78 is 53.3. The minimum atomic E-state index is -4.86. The molecule has 0 aromatic rings. The number of phosphoric acid groups is 2. The Kier molecular flexibility index (Phi) is 29.2. The highest BCUT2D eigenvalue weighted by Crippen LogP contribution is 2.44. The number of carbonyl (C=O) groups is 2. The molecule has 0 amide bonds. The van der Waals surface area contributed by atoms with E-state index >= 15 is 0 Å². The number of allylic oxidation sites excluding steroid dienone is 4. The lowest BCUT2D eigenvalue weighted by Crippen LogP contribution is -2.30. The zero-order chi connectivity index (χ0) is 40.8. The van der Waals surface area contributed by atoms with Crippen molar-refractivity contribution >= 4 is 27.6 Å². The van der Waals surface area contributed by atoms with Crippen molar-refractivity contribution in [2.45, 2.75) is 167 Å². The third-order valence-corrected chi connectivity index (χ3v) is 10.0. The second kappa shape index (κ2) is 31.3. The molecule has 0 aliphatic carbocycles. The maximum Gasteiger partial charge on any atom is 0.472 e. The van der Waals surface area contributed by atoms with Crippen LogP contribution >= 0.6 is 15.6 Å². The van der Waals surface area contributed by atoms with Gasteiger partial charge in [-0.1, -0.05) is 115 Å². The fourth-order valence-electron chi connectivity index (χ4n) is 5.39. The Morgan fingerprint density at radius 2 is 1.24 bits per heavy atom. The molecule has 14 nitrogen and oxygen atoms in total. The molecule has 4 N–H and O–H groups in total. The zero-order valence-corrected chi connectivity index (χ0v) is 35.2. The number of hydrogen-bond donors (Lipinski definition) is 4. The summed E-state index contributed by atoms with van der Waals surface area (Å²) in [6.45, 7) is 3.87. The van der Waals surface area contributed by atoms with Gasteiger partial charge in [-0.25, -0.2) is 9.13 Å². The lowest BCUT2D eigenvalue weighted by Gasteiger charge is -2.20. The summed E-state index contributed by atoms with van der Waals surface area (Å²) in [5.41, 5.74) is 0. The van der Waals surface area contributed by atoms with Gasteiger partial charge in [0.15, 0.2) is 6.10 Å². The normalized spacial score (nSPS) is 18.3. The average molecular weight is 825 g/mol. The molecule has 0 radical (unpaired) electrons. The van der Waals surface area contributed by atoms with Gasteiger partial charge in [-0.3, -0.25) is 23.2 Å². The summed E-state index contributed by atoms with van der Waals surface area (Å²) in [7, 11) is -9.68. The third-order valence-electron chi connectivity index (χ3n) is 8.60. The quantitative estimate of drug-likeness (QED) is 0.0154. The lowest BCUT2D eigenvalue weighted by atomic mass is 10.0. The Hall–Kier alpha value is -1.70. The van der Waals surface area contributed by atoms with Gasteiger partial charge in [-0.2, -0.15) is 0 Å². The maximum absolute atomic E-state index is 12.6. The first-order valence-corrected chi connectivity index (χ1v) is 23.2. The van der Waals surface area contributed by atoms with E-state index in [2.05, 4.69) is 54.1 Å². The first-order chi connectivity index (χ1) is 26.2. The number of esters is 2. The van der Waals surface area contributed by atoms with Gasteiger partial charge < -0.3 is 34.0 Å². The molecular formula is C39H70O14P2. The lowest BCUT2D eigenvalue weighted by molar-refractivity contribution is -0.161. The number of unbranched alkanes of at least 4 members (excludes halogenated alkanes) is 10. The number of aliphatic hydroxyl groups is 1. The SMILES string of the molecule is CCCCC/C=C\CC1OC1C/C=C\C/C=C\CCCC(=O)OC[C@H](COP(=O)(O)OC[C@@H](O)COP(=O)(O)O)OC(=O)CCCCCCCCCC(C)C. The highest BCUT2D eigenvalue weighted by molar-refractivity contribution is 7.47. The minimum absolute atomic E-state index is 0.114. The van der Waals surface area contributed by atoms with Crippen LogP contribution in [0.15, 0.2) is 36.5 Å². The summed E-state index contributed by atoms with van der Waals surface area (Å²) in [4.78, 5) is 52.5. The van der Waals surface area contributed by atoms with Crippen LogP contribution in [0.3, 0.4) is 0 Å². The summed E-state index contributed by atoms with van der Waals surface area (Å²) in [5, 5.41) is 9.72. The van der Waals surface area contributed by atoms with E-state index in [0.717, 1.165) is 51.4 Å². The van der Waals surface area contributed by atoms with Crippen LogP contribution in [-0.2, 0) is 46.5 Å². The molecule has 1 heterocycles. The van der Waals surface area contributed by atoms with E-state index < -0.39 is 66.2 Å². The molecule has 1 aliphatic heterocycles. The second-order valence-corrected chi connectivity index (χ2v) is 17.1. The van der Waals surface area contributed by atoms with Crippen molar-refractivity contribution in [1.82, 2.24) is 0 Å². The minimum Gasteiger partial charge on any atom is -0.462 e. The van der Waals surface area contributed by atoms with E-state index in [9.17, 15) is 28.7 Å². The van der Waals surface area contributed by atoms with E-state index in [0.29, 0.717) is 37.4 Å². The van der Waals surface area contributed by atoms with E-state index in [1.807, 2.05) is 12.2 Å². The average Bonchev–Trinajstić information content (AvgIpc) is 3.88. The molecule has 320 valence electrons. The molecule has 1 fully saturated rings. The molecular weight excluding hydrogens is 754 g/mol. The molecule has 3 unspecified atom stereocenters. The first kappa shape index (κ1) is 51.3. The van der Waals surface area contributed by atoms with Crippen molar-refractivity contribution in [3.63, 3.8) is 0 Å². The van der Waals surface area contributed by atoms with Gasteiger partial charge in [-0.05, 0) is 57.3 Å². The first-order valence-electron chi connectivity index (χ1n) is 20.2. The zero-order valence-electron chi connectivity index (χ0n) is 33.4. The molecule has 0 spiro atoms. The summed E-state index contributed by atoms with van der Waals surface area (Å²) in [6.07, 6.45) is 27.8. The van der Waals surface area contributed by atoms with Crippen LogP contribution in [0.2, 0.25) is 0 Å². The summed E-state index contributed by atoms with van der Waals surface area (Å²) in [6, 6.07) is 0. The van der Waals surface area contributed by atoms with Crippen LogP contribution in [0.25, 0.3) is 0 Å². The number of aliphatic hydroxyl groups excluding tert-OH is 1. The molecule has 5 atom stereocenters. The molecule has 1 rings (SSSR count). The molecule has 0 bridgehead atoms. The fraction of sp³-hybridized carbons (Fsp3) is 0.795. The van der Waals surface area contributed by atoms with Crippen LogP contribution in [0.5, 0.6) is 0 Å². The van der Waals surface area contributed by atoms with E-state index in [1.54, 1.807) is 0 Å². The highest BCUT2D eigenvalue weighted by atomic mass is 31.2. The van der Waals surface area contributed by atoms with Gasteiger partial charge in [0, 0.05) is 12.8 Å². The van der Waals surface area contributed by atoms with Gasteiger partial charge in [0.1, 0.15) is 12.7 Å². The summed E-state index contributed by atoms with van der Waals surface area (Å²) >= 11 is 0. The Morgan fingerprint density at radius 3 is 1.91 bits per heavy atom. The number of phosphoric ester groups is 2. The van der Waals surface area contributed by atoms with Crippen molar-refractivity contribution in [3.8, 4) is 0 Å². The molecule has 0 aromatic heterocycles. The summed E-state index contributed by atoms with van der Waals surface area (Å²) in [5.74, 6) is -0.398. The third kappa shape index (κ3) is 33.0.